The smallest absolute Gasteiger partial charge is 0.223 e. The van der Waals surface area contributed by atoms with Crippen LogP contribution in [0.1, 0.15) is 29.5 Å². The first kappa shape index (κ1) is 18.3. The minimum atomic E-state index is -0.144. The number of fused-ring (bicyclic) bond motifs is 2. The number of benzene rings is 2. The van der Waals surface area contributed by atoms with Crippen LogP contribution in [0.15, 0.2) is 67.1 Å². The molecule has 0 unspecified atom stereocenters. The normalized spacial score (nSPS) is 16.9. The van der Waals surface area contributed by atoms with Gasteiger partial charge in [-0.15, -0.1) is 0 Å². The van der Waals surface area contributed by atoms with Crippen molar-refractivity contribution in [3.05, 3.63) is 83.8 Å². The minimum Gasteiger partial charge on any atom is -0.355 e. The molecule has 0 atom stereocenters. The molecule has 2 aromatic heterocycles. The summed E-state index contributed by atoms with van der Waals surface area (Å²) < 4.78 is 0. The van der Waals surface area contributed by atoms with E-state index in [0.717, 1.165) is 48.0 Å². The van der Waals surface area contributed by atoms with Crippen LogP contribution in [0.3, 0.4) is 0 Å². The zero-order chi connectivity index (χ0) is 20.8. The highest BCUT2D eigenvalue weighted by Gasteiger charge is 2.40. The molecule has 2 heterocycles. The molecule has 31 heavy (non-hydrogen) atoms. The van der Waals surface area contributed by atoms with Crippen LogP contribution in [0, 0.1) is 5.92 Å². The van der Waals surface area contributed by atoms with Gasteiger partial charge in [-0.25, -0.2) is 9.97 Å². The van der Waals surface area contributed by atoms with Gasteiger partial charge in [-0.1, -0.05) is 42.5 Å². The van der Waals surface area contributed by atoms with Crippen molar-refractivity contribution >= 4 is 16.9 Å². The molecule has 1 saturated carbocycles. The van der Waals surface area contributed by atoms with Gasteiger partial charge in [0.05, 0.1) is 5.69 Å². The number of amides is 1. The lowest BCUT2D eigenvalue weighted by Crippen LogP contribution is -2.42. The van der Waals surface area contributed by atoms with Gasteiger partial charge in [-0.2, -0.15) is 0 Å². The predicted octanol–water partition coefficient (Wildman–Crippen LogP) is 4.19. The molecule has 5 nitrogen and oxygen atoms in total. The number of rotatable bonds is 5. The zero-order valence-corrected chi connectivity index (χ0v) is 17.3. The van der Waals surface area contributed by atoms with Crippen molar-refractivity contribution in [2.45, 2.75) is 31.1 Å². The second kappa shape index (κ2) is 7.05. The Bertz CT molecular complexity index is 1260. The van der Waals surface area contributed by atoms with Gasteiger partial charge >= 0.3 is 0 Å². The Labute approximate surface area is 180 Å². The van der Waals surface area contributed by atoms with Crippen LogP contribution >= 0.6 is 0 Å². The molecule has 2 aliphatic carbocycles. The summed E-state index contributed by atoms with van der Waals surface area (Å²) in [6.07, 6.45) is 7.42. The highest BCUT2D eigenvalue weighted by Crippen LogP contribution is 2.41. The van der Waals surface area contributed by atoms with E-state index in [0.29, 0.717) is 6.54 Å². The molecule has 1 amide bonds. The lowest BCUT2D eigenvalue weighted by Gasteiger charge is -2.30. The number of aromatic nitrogens is 3. The number of nitrogens with one attached hydrogen (secondary N) is 2. The topological polar surface area (TPSA) is 70.7 Å². The van der Waals surface area contributed by atoms with Crippen molar-refractivity contribution in [2.75, 3.05) is 6.54 Å². The summed E-state index contributed by atoms with van der Waals surface area (Å²) in [5.74, 6) is 0.423. The average Bonchev–Trinajstić information content (AvgIpc) is 3.42. The molecule has 6 rings (SSSR count). The molecule has 4 aromatic rings. The SMILES string of the molecule is O=C(NCC1(c2cccc(-c3ncnc4[nH]ccc34)c2)Cc2ccccc2C1)C1CC1. The number of hydrogen-bond acceptors (Lipinski definition) is 3. The number of carbonyl (C=O) groups excluding carboxylic acids is 1. The van der Waals surface area contributed by atoms with Crippen molar-refractivity contribution in [1.82, 2.24) is 20.3 Å². The molecular formula is C26H24N4O. The lowest BCUT2D eigenvalue weighted by molar-refractivity contribution is -0.122. The molecule has 5 heteroatoms. The highest BCUT2D eigenvalue weighted by atomic mass is 16.2. The Hall–Kier alpha value is -3.47. The maximum absolute atomic E-state index is 12.5. The third-order valence-corrected chi connectivity index (χ3v) is 6.83. The van der Waals surface area contributed by atoms with Crippen molar-refractivity contribution in [3.8, 4) is 11.3 Å². The molecule has 0 spiro atoms. The van der Waals surface area contributed by atoms with Crippen LogP contribution < -0.4 is 5.32 Å². The summed E-state index contributed by atoms with van der Waals surface area (Å²) in [4.78, 5) is 24.6. The highest BCUT2D eigenvalue weighted by molar-refractivity contribution is 5.90. The molecule has 1 fully saturated rings. The Morgan fingerprint density at radius 2 is 1.84 bits per heavy atom. The number of hydrogen-bond donors (Lipinski definition) is 2. The van der Waals surface area contributed by atoms with E-state index in [2.05, 4.69) is 68.8 Å². The van der Waals surface area contributed by atoms with Gasteiger partial charge < -0.3 is 10.3 Å². The first-order valence-electron chi connectivity index (χ1n) is 11.0. The van der Waals surface area contributed by atoms with E-state index in [1.165, 1.54) is 16.7 Å². The zero-order valence-electron chi connectivity index (χ0n) is 17.3. The second-order valence-electron chi connectivity index (χ2n) is 8.94. The lowest BCUT2D eigenvalue weighted by atomic mass is 9.77. The third kappa shape index (κ3) is 3.21. The summed E-state index contributed by atoms with van der Waals surface area (Å²) >= 11 is 0. The summed E-state index contributed by atoms with van der Waals surface area (Å²) in [5, 5.41) is 4.29. The van der Waals surface area contributed by atoms with E-state index < -0.39 is 0 Å². The molecule has 154 valence electrons. The molecule has 0 radical (unpaired) electrons. The van der Waals surface area contributed by atoms with E-state index in [-0.39, 0.29) is 17.2 Å². The van der Waals surface area contributed by atoms with E-state index >= 15 is 0 Å². The number of nitrogens with zero attached hydrogens (tertiary/aromatic N) is 2. The van der Waals surface area contributed by atoms with Gasteiger partial charge in [0.2, 0.25) is 5.91 Å². The monoisotopic (exact) mass is 408 g/mol. The maximum Gasteiger partial charge on any atom is 0.223 e. The summed E-state index contributed by atoms with van der Waals surface area (Å²) in [6, 6.07) is 19.4. The fourth-order valence-corrected chi connectivity index (χ4v) is 4.97. The Kier molecular flexibility index (Phi) is 4.16. The van der Waals surface area contributed by atoms with Crippen LogP contribution in [0.25, 0.3) is 22.3 Å². The fourth-order valence-electron chi connectivity index (χ4n) is 4.97. The summed E-state index contributed by atoms with van der Waals surface area (Å²) in [6.45, 7) is 0.657. The Balaban J connectivity index is 1.41. The number of H-pyrrole nitrogens is 1. The molecule has 0 saturated heterocycles. The molecule has 2 aromatic carbocycles. The van der Waals surface area contributed by atoms with Gasteiger partial charge in [0.25, 0.3) is 0 Å². The Morgan fingerprint density at radius 3 is 2.61 bits per heavy atom. The molecule has 2 aliphatic rings. The number of carbonyl (C=O) groups is 1. The fraction of sp³-hybridized carbons (Fsp3) is 0.269. The molecule has 2 N–H and O–H groups in total. The van der Waals surface area contributed by atoms with Crippen LogP contribution in [-0.4, -0.2) is 27.4 Å². The van der Waals surface area contributed by atoms with Gasteiger partial charge in [-0.05, 0) is 54.5 Å². The second-order valence-corrected chi connectivity index (χ2v) is 8.94. The number of aromatic amines is 1. The minimum absolute atomic E-state index is 0.144. The van der Waals surface area contributed by atoms with Crippen LogP contribution in [-0.2, 0) is 23.1 Å². The molecule has 0 bridgehead atoms. The summed E-state index contributed by atoms with van der Waals surface area (Å²) in [7, 11) is 0. The van der Waals surface area contributed by atoms with Crippen LogP contribution in [0.5, 0.6) is 0 Å². The average molecular weight is 409 g/mol. The van der Waals surface area contributed by atoms with Crippen molar-refractivity contribution in [2.24, 2.45) is 5.92 Å². The van der Waals surface area contributed by atoms with Crippen LogP contribution in [0.4, 0.5) is 0 Å². The van der Waals surface area contributed by atoms with E-state index in [1.54, 1.807) is 6.33 Å². The largest absolute Gasteiger partial charge is 0.355 e. The van der Waals surface area contributed by atoms with Crippen molar-refractivity contribution in [3.63, 3.8) is 0 Å². The van der Waals surface area contributed by atoms with E-state index in [1.807, 2.05) is 12.3 Å². The van der Waals surface area contributed by atoms with Gasteiger partial charge in [0.15, 0.2) is 0 Å². The molecular weight excluding hydrogens is 384 g/mol. The van der Waals surface area contributed by atoms with E-state index in [4.69, 9.17) is 0 Å². The van der Waals surface area contributed by atoms with Gasteiger partial charge in [0, 0.05) is 35.0 Å². The van der Waals surface area contributed by atoms with Crippen LogP contribution in [0.2, 0.25) is 0 Å². The Morgan fingerprint density at radius 1 is 1.03 bits per heavy atom. The first-order chi connectivity index (χ1) is 15.2. The summed E-state index contributed by atoms with van der Waals surface area (Å²) in [5.41, 5.74) is 6.71. The predicted molar refractivity (Wildman–Crippen MR) is 121 cm³/mol. The van der Waals surface area contributed by atoms with Crippen molar-refractivity contribution < 1.29 is 4.79 Å². The van der Waals surface area contributed by atoms with Gasteiger partial charge in [0.1, 0.15) is 12.0 Å². The standard InChI is InChI=1S/C26H24N4O/c31-25(17-8-9-17)28-15-26(13-19-4-1-2-5-20(19)14-26)21-7-3-6-18(12-21)23-22-10-11-27-24(22)30-16-29-23/h1-7,10-12,16-17H,8-9,13-15H2,(H,28,31)(H,27,29,30). The van der Waals surface area contributed by atoms with Gasteiger partial charge in [-0.3, -0.25) is 4.79 Å². The maximum atomic E-state index is 12.5. The van der Waals surface area contributed by atoms with Crippen molar-refractivity contribution in [1.29, 1.82) is 0 Å². The third-order valence-electron chi connectivity index (χ3n) is 6.83. The first-order valence-corrected chi connectivity index (χ1v) is 11.0. The molecule has 0 aliphatic heterocycles. The quantitative estimate of drug-likeness (QED) is 0.520. The van der Waals surface area contributed by atoms with E-state index in [9.17, 15) is 4.79 Å².